The van der Waals surface area contributed by atoms with Gasteiger partial charge in [-0.15, -0.1) is 0 Å². The van der Waals surface area contributed by atoms with Gasteiger partial charge in [-0.25, -0.2) is 34.1 Å². The zero-order chi connectivity index (χ0) is 44.0. The van der Waals surface area contributed by atoms with Crippen LogP contribution >= 0.6 is 0 Å². The number of primary amides is 1. The Balaban J connectivity index is 0.000000207. The van der Waals surface area contributed by atoms with Gasteiger partial charge in [0.15, 0.2) is 5.69 Å². The molecule has 6 aromatic rings. The molecule has 0 aliphatic carbocycles. The summed E-state index contributed by atoms with van der Waals surface area (Å²) in [7, 11) is 3.27. The van der Waals surface area contributed by atoms with Crippen molar-refractivity contribution < 1.29 is 34.1 Å². The second-order valence-electron chi connectivity index (χ2n) is 14.3. The Hall–Kier alpha value is -8.10. The molecule has 0 radical (unpaired) electrons. The van der Waals surface area contributed by atoms with Crippen LogP contribution in [0.5, 0.6) is 0 Å². The van der Waals surface area contributed by atoms with E-state index < -0.39 is 34.9 Å². The Kier molecular flexibility index (Phi) is 13.2. The van der Waals surface area contributed by atoms with Gasteiger partial charge in [-0.1, -0.05) is 47.9 Å². The van der Waals surface area contributed by atoms with E-state index in [9.17, 15) is 29.4 Å². The molecule has 6 heterocycles. The molecular weight excluding hydrogens is 809 g/mol. The lowest BCUT2D eigenvalue weighted by molar-refractivity contribution is -0.138. The van der Waals surface area contributed by atoms with Crippen LogP contribution in [-0.2, 0) is 14.3 Å². The number of hydrogen-bond acceptors (Lipinski definition) is 14. The van der Waals surface area contributed by atoms with Crippen LogP contribution in [0.25, 0.3) is 33.9 Å². The summed E-state index contributed by atoms with van der Waals surface area (Å²) in [5.41, 5.74) is 7.09. The van der Waals surface area contributed by atoms with Crippen LogP contribution in [0.15, 0.2) is 98.1 Å². The van der Waals surface area contributed by atoms with E-state index in [0.29, 0.717) is 58.1 Å². The van der Waals surface area contributed by atoms with Crippen molar-refractivity contribution in [2.75, 3.05) is 33.8 Å². The molecule has 0 spiro atoms. The molecule has 2 aromatic carbocycles. The number of likely N-dealkylation sites (tertiary alicyclic amines) is 2. The van der Waals surface area contributed by atoms with Gasteiger partial charge >= 0.3 is 5.97 Å². The predicted molar refractivity (Wildman–Crippen MR) is 227 cm³/mol. The highest BCUT2D eigenvalue weighted by Gasteiger charge is 2.43. The molecule has 0 unspecified atom stereocenters. The highest BCUT2D eigenvalue weighted by molar-refractivity contribution is 5.93. The summed E-state index contributed by atoms with van der Waals surface area (Å²) >= 11 is 0. The summed E-state index contributed by atoms with van der Waals surface area (Å²) < 4.78 is 8.13. The van der Waals surface area contributed by atoms with E-state index in [1.54, 1.807) is 75.6 Å². The minimum atomic E-state index is -1.67. The molecule has 19 heteroatoms. The fourth-order valence-electron chi connectivity index (χ4n) is 6.51. The van der Waals surface area contributed by atoms with Crippen molar-refractivity contribution >= 4 is 23.7 Å². The standard InChI is InChI=1S/C23H21N5O4.C21H18N6O3.H3N/c1-3-32-21(29)20-13-18(28-15-24-14-25-28)12-19(26-20)17-6-4-5-16(11-17)7-8-23(31)9-10-27(2)22(23)30;1-26-8-7-21(30,20(26)29)6-5-14-3-2-4-15(9-14)17-10-16(27-13-23-12-24-27)11-18(25-17)19(22)28;/h4-6,11-15,31H,3,9-10H2,1-2H3;2-4,9-13,30H,7-8H2,1H3,(H2,22,28);1H3/t23-;21-;/m00./s1. The van der Waals surface area contributed by atoms with Crippen LogP contribution in [0.4, 0.5) is 0 Å². The summed E-state index contributed by atoms with van der Waals surface area (Å²) in [6.45, 7) is 2.87. The Morgan fingerprint density at radius 1 is 0.730 bits per heavy atom. The molecule has 0 bridgehead atoms. The zero-order valence-corrected chi connectivity index (χ0v) is 34.5. The summed E-state index contributed by atoms with van der Waals surface area (Å²) in [5.74, 6) is 9.16. The lowest BCUT2D eigenvalue weighted by Gasteiger charge is -2.13. The number of aromatic nitrogens is 8. The molecule has 8 rings (SSSR count). The third-order valence-corrected chi connectivity index (χ3v) is 9.89. The molecule has 2 saturated heterocycles. The monoisotopic (exact) mass is 850 g/mol. The maximum absolute atomic E-state index is 12.3. The van der Waals surface area contributed by atoms with E-state index in [1.807, 2.05) is 12.1 Å². The maximum atomic E-state index is 12.3. The van der Waals surface area contributed by atoms with Crippen molar-refractivity contribution in [3.05, 3.63) is 121 Å². The van der Waals surface area contributed by atoms with E-state index in [-0.39, 0.29) is 37.0 Å². The number of aliphatic hydroxyl groups is 2. The molecule has 3 amide bonds. The largest absolute Gasteiger partial charge is 0.461 e. The first-order valence-electron chi connectivity index (χ1n) is 19.2. The van der Waals surface area contributed by atoms with Gasteiger partial charge < -0.3 is 36.6 Å². The summed E-state index contributed by atoms with van der Waals surface area (Å²) in [6, 6.07) is 20.9. The zero-order valence-electron chi connectivity index (χ0n) is 34.5. The number of rotatable bonds is 7. The SMILES string of the molecule is CCOC(=O)c1cc(-n2cncn2)cc(-c2cccc(C#C[C@]3(O)CCN(C)C3=O)c2)n1.CN1CC[C@@](O)(C#Cc2cccc(-c3cc(-n4cncn4)cc(C(N)=O)n3)c2)C1=O.N. The van der Waals surface area contributed by atoms with Gasteiger partial charge in [-0.3, -0.25) is 14.4 Å². The number of esters is 1. The van der Waals surface area contributed by atoms with Crippen molar-refractivity contribution in [3.8, 4) is 57.6 Å². The molecule has 320 valence electrons. The molecule has 7 N–H and O–H groups in total. The van der Waals surface area contributed by atoms with Crippen molar-refractivity contribution in [1.82, 2.24) is 55.4 Å². The normalized spacial score (nSPS) is 17.7. The lowest BCUT2D eigenvalue weighted by Crippen LogP contribution is -2.37. The molecule has 63 heavy (non-hydrogen) atoms. The summed E-state index contributed by atoms with van der Waals surface area (Å²) in [4.78, 5) is 67.9. The molecule has 2 fully saturated rings. The Morgan fingerprint density at radius 2 is 1.19 bits per heavy atom. The average molecular weight is 851 g/mol. The maximum Gasteiger partial charge on any atom is 0.357 e. The van der Waals surface area contributed by atoms with Gasteiger partial charge in [-0.05, 0) is 55.5 Å². The lowest BCUT2D eigenvalue weighted by atomic mass is 10.0. The second-order valence-corrected chi connectivity index (χ2v) is 14.3. The first-order chi connectivity index (χ1) is 29.7. The number of amides is 3. The highest BCUT2D eigenvalue weighted by Crippen LogP contribution is 2.26. The van der Waals surface area contributed by atoms with Crippen LogP contribution in [-0.4, -0.2) is 128 Å². The topological polar surface area (TPSA) is 273 Å². The van der Waals surface area contributed by atoms with E-state index in [1.165, 1.54) is 50.5 Å². The molecule has 19 nitrogen and oxygen atoms in total. The fraction of sp³-hybridized carbons (Fsp3) is 0.227. The van der Waals surface area contributed by atoms with Gasteiger partial charge in [0.05, 0.1) is 29.4 Å². The number of hydrogen-bond donors (Lipinski definition) is 4. The number of nitrogens with two attached hydrogens (primary N) is 1. The summed E-state index contributed by atoms with van der Waals surface area (Å²) in [5, 5.41) is 29.2. The third-order valence-electron chi connectivity index (χ3n) is 9.89. The quantitative estimate of drug-likeness (QED) is 0.132. The molecule has 4 aromatic heterocycles. The van der Waals surface area contributed by atoms with Crippen LogP contribution in [0.2, 0.25) is 0 Å². The average Bonchev–Trinajstić information content (AvgIpc) is 4.12. The molecular formula is C44H42N12O7. The van der Waals surface area contributed by atoms with Gasteiger partial charge in [-0.2, -0.15) is 10.2 Å². The number of pyridine rings is 2. The number of nitrogens with zero attached hydrogens (tertiary/aromatic N) is 10. The summed E-state index contributed by atoms with van der Waals surface area (Å²) in [6.07, 6.45) is 6.33. The van der Waals surface area contributed by atoms with Crippen molar-refractivity contribution in [3.63, 3.8) is 0 Å². The molecule has 2 aliphatic rings. The Morgan fingerprint density at radius 3 is 1.59 bits per heavy atom. The van der Waals surface area contributed by atoms with Crippen molar-refractivity contribution in [2.24, 2.45) is 5.73 Å². The number of ether oxygens (including phenoxy) is 1. The molecule has 2 atom stereocenters. The number of carbonyl (C=O) groups is 4. The van der Waals surface area contributed by atoms with E-state index in [0.717, 1.165) is 0 Å². The van der Waals surface area contributed by atoms with Crippen molar-refractivity contribution in [2.45, 2.75) is 31.0 Å². The van der Waals surface area contributed by atoms with E-state index in [2.05, 4.69) is 53.8 Å². The van der Waals surface area contributed by atoms with Gasteiger partial charge in [0.1, 0.15) is 31.0 Å². The fourth-order valence-corrected chi connectivity index (χ4v) is 6.51. The van der Waals surface area contributed by atoms with E-state index >= 15 is 0 Å². The minimum Gasteiger partial charge on any atom is -0.461 e. The minimum absolute atomic E-state index is 0. The molecule has 0 saturated carbocycles. The van der Waals surface area contributed by atoms with Crippen LogP contribution in [0, 0.1) is 23.7 Å². The van der Waals surface area contributed by atoms with Crippen molar-refractivity contribution in [1.29, 1.82) is 0 Å². The van der Waals surface area contributed by atoms with E-state index in [4.69, 9.17) is 10.5 Å². The predicted octanol–water partition coefficient (Wildman–Crippen LogP) is 1.99. The number of likely N-dealkylation sites (N-methyl/N-ethyl adjacent to an activating group) is 2. The highest BCUT2D eigenvalue weighted by atomic mass is 16.5. The number of benzene rings is 2. The van der Waals surface area contributed by atoms with Crippen LogP contribution in [0.3, 0.4) is 0 Å². The first kappa shape index (κ1) is 44.5. The van der Waals surface area contributed by atoms with Gasteiger partial charge in [0.2, 0.25) is 11.2 Å². The van der Waals surface area contributed by atoms with Crippen LogP contribution < -0.4 is 11.9 Å². The molecule has 2 aliphatic heterocycles. The van der Waals surface area contributed by atoms with Gasteiger partial charge in [0.25, 0.3) is 17.7 Å². The first-order valence-corrected chi connectivity index (χ1v) is 19.2. The second kappa shape index (κ2) is 18.7. The van der Waals surface area contributed by atoms with Crippen LogP contribution in [0.1, 0.15) is 51.9 Å². The van der Waals surface area contributed by atoms with Gasteiger partial charge in [0, 0.05) is 62.3 Å². The third kappa shape index (κ3) is 9.93. The Bertz CT molecular complexity index is 2810. The number of carbonyl (C=O) groups excluding carboxylic acids is 4. The Labute approximate surface area is 361 Å². The smallest absolute Gasteiger partial charge is 0.357 e.